The van der Waals surface area contributed by atoms with Crippen molar-refractivity contribution in [3.63, 3.8) is 0 Å². The van der Waals surface area contributed by atoms with Crippen LogP contribution >= 0.6 is 0 Å². The average Bonchev–Trinajstić information content (AvgIpc) is 3.56. The second-order valence-electron chi connectivity index (χ2n) is 10.7. The summed E-state index contributed by atoms with van der Waals surface area (Å²) in [6, 6.07) is 38.5. The molecule has 0 amide bonds. The van der Waals surface area contributed by atoms with Gasteiger partial charge in [0.1, 0.15) is 0 Å². The fraction of sp³-hybridized carbons (Fsp3) is 0.0256. The van der Waals surface area contributed by atoms with Gasteiger partial charge in [-0.3, -0.25) is 0 Å². The number of nitrogens with zero attached hydrogens (tertiary/aromatic N) is 3. The van der Waals surface area contributed by atoms with Gasteiger partial charge in [0.25, 0.3) is 0 Å². The fourth-order valence-corrected chi connectivity index (χ4v) is 6.23. The Balaban J connectivity index is 1.44. The minimum atomic E-state index is 0.728. The molecule has 0 spiro atoms. The molecule has 0 bridgehead atoms. The molecule has 0 N–H and O–H groups in total. The highest BCUT2D eigenvalue weighted by Crippen LogP contribution is 2.42. The Morgan fingerprint density at radius 3 is 2.19 bits per heavy atom. The van der Waals surface area contributed by atoms with Gasteiger partial charge < -0.3 is 4.40 Å². The van der Waals surface area contributed by atoms with Gasteiger partial charge in [-0.25, -0.2) is 9.97 Å². The van der Waals surface area contributed by atoms with Gasteiger partial charge in [0.05, 0.1) is 27.8 Å². The Morgan fingerprint density at radius 1 is 0.643 bits per heavy atom. The molecule has 42 heavy (non-hydrogen) atoms. The van der Waals surface area contributed by atoms with E-state index < -0.39 is 0 Å². The quantitative estimate of drug-likeness (QED) is 0.204. The molecule has 0 aliphatic carbocycles. The highest BCUT2D eigenvalue weighted by Gasteiger charge is 2.20. The molecule has 5 aromatic carbocycles. The Morgan fingerprint density at radius 2 is 1.36 bits per heavy atom. The molecule has 0 aliphatic rings. The van der Waals surface area contributed by atoms with Crippen molar-refractivity contribution in [3.8, 4) is 22.6 Å². The zero-order chi connectivity index (χ0) is 28.2. The van der Waals surface area contributed by atoms with Crippen molar-refractivity contribution in [3.05, 3.63) is 146 Å². The van der Waals surface area contributed by atoms with E-state index in [4.69, 9.17) is 9.97 Å². The van der Waals surface area contributed by atoms with E-state index in [1.54, 1.807) is 0 Å². The van der Waals surface area contributed by atoms with Crippen LogP contribution in [0.15, 0.2) is 140 Å². The summed E-state index contributed by atoms with van der Waals surface area (Å²) in [6.45, 7) is 6.36. The van der Waals surface area contributed by atoms with E-state index in [2.05, 4.69) is 114 Å². The minimum Gasteiger partial charge on any atom is -0.308 e. The van der Waals surface area contributed by atoms with E-state index in [1.165, 1.54) is 38.1 Å². The van der Waals surface area contributed by atoms with Crippen LogP contribution in [0.3, 0.4) is 0 Å². The van der Waals surface area contributed by atoms with Gasteiger partial charge >= 0.3 is 0 Å². The van der Waals surface area contributed by atoms with Crippen molar-refractivity contribution < 1.29 is 0 Å². The maximum Gasteiger partial charge on any atom is 0.160 e. The van der Waals surface area contributed by atoms with Crippen LogP contribution in [0, 0.1) is 0 Å². The molecular formula is C39H27N3. The average molecular weight is 538 g/mol. The van der Waals surface area contributed by atoms with Gasteiger partial charge in [-0.15, -0.1) is 0 Å². The summed E-state index contributed by atoms with van der Waals surface area (Å²) in [7, 11) is 0. The fourth-order valence-electron chi connectivity index (χ4n) is 6.23. The summed E-state index contributed by atoms with van der Waals surface area (Å²) in [6.07, 6.45) is 8.14. The lowest BCUT2D eigenvalue weighted by Gasteiger charge is -2.10. The third kappa shape index (κ3) is 3.68. The number of fused-ring (bicyclic) bond motifs is 7. The molecule has 0 fully saturated rings. The largest absolute Gasteiger partial charge is 0.308 e. The van der Waals surface area contributed by atoms with Crippen LogP contribution in [0.1, 0.15) is 12.5 Å². The molecule has 3 nitrogen and oxygen atoms in total. The first-order chi connectivity index (χ1) is 20.7. The van der Waals surface area contributed by atoms with E-state index in [-0.39, 0.29) is 0 Å². The van der Waals surface area contributed by atoms with E-state index in [0.29, 0.717) is 0 Å². The Kier molecular flexibility index (Phi) is 5.51. The van der Waals surface area contributed by atoms with Crippen LogP contribution in [0.4, 0.5) is 0 Å². The molecule has 3 heterocycles. The molecule has 0 saturated carbocycles. The Bertz CT molecular complexity index is 2370. The minimum absolute atomic E-state index is 0.728. The summed E-state index contributed by atoms with van der Waals surface area (Å²) in [5.74, 6) is 0.728. The molecule has 3 aromatic heterocycles. The third-order valence-electron chi connectivity index (χ3n) is 8.18. The molecule has 3 heteroatoms. The maximum absolute atomic E-state index is 5.20. The number of aromatic nitrogens is 3. The zero-order valence-corrected chi connectivity index (χ0v) is 23.3. The van der Waals surface area contributed by atoms with Crippen LogP contribution in [0.25, 0.3) is 77.2 Å². The number of hydrogen-bond donors (Lipinski definition) is 0. The zero-order valence-electron chi connectivity index (χ0n) is 23.3. The first kappa shape index (κ1) is 24.3. The number of allylic oxidation sites excluding steroid dienone is 5. The second-order valence-corrected chi connectivity index (χ2v) is 10.7. The molecule has 0 unspecified atom stereocenters. The van der Waals surface area contributed by atoms with Crippen molar-refractivity contribution in [2.24, 2.45) is 0 Å². The van der Waals surface area contributed by atoms with Crippen LogP contribution in [0.5, 0.6) is 0 Å². The molecule has 0 atom stereocenters. The van der Waals surface area contributed by atoms with Crippen molar-refractivity contribution in [2.45, 2.75) is 6.92 Å². The van der Waals surface area contributed by atoms with Gasteiger partial charge in [-0.05, 0) is 54.5 Å². The lowest BCUT2D eigenvalue weighted by atomic mass is 10.00. The molecule has 0 aliphatic heterocycles. The van der Waals surface area contributed by atoms with Gasteiger partial charge in [0.15, 0.2) is 5.82 Å². The first-order valence-electron chi connectivity index (χ1n) is 14.2. The Labute approximate surface area is 243 Å². The van der Waals surface area contributed by atoms with Gasteiger partial charge in [-0.2, -0.15) is 0 Å². The number of hydrogen-bond acceptors (Lipinski definition) is 2. The van der Waals surface area contributed by atoms with Crippen molar-refractivity contribution >= 4 is 54.6 Å². The van der Waals surface area contributed by atoms with Gasteiger partial charge in [0, 0.05) is 38.1 Å². The first-order valence-corrected chi connectivity index (χ1v) is 14.2. The number of benzene rings is 5. The Hall–Kier alpha value is -5.54. The lowest BCUT2D eigenvalue weighted by Crippen LogP contribution is -1.95. The smallest absolute Gasteiger partial charge is 0.160 e. The van der Waals surface area contributed by atoms with Crippen molar-refractivity contribution in [2.75, 3.05) is 0 Å². The lowest BCUT2D eigenvalue weighted by molar-refractivity contribution is 1.23. The summed E-state index contributed by atoms with van der Waals surface area (Å²) in [5, 5.41) is 5.88. The van der Waals surface area contributed by atoms with E-state index in [9.17, 15) is 0 Å². The highest BCUT2D eigenvalue weighted by atomic mass is 14.9. The van der Waals surface area contributed by atoms with Crippen LogP contribution in [-0.2, 0) is 0 Å². The highest BCUT2D eigenvalue weighted by molar-refractivity contribution is 6.24. The van der Waals surface area contributed by atoms with Gasteiger partial charge in [0.2, 0.25) is 0 Å². The summed E-state index contributed by atoms with van der Waals surface area (Å²) < 4.78 is 2.40. The molecule has 0 saturated heterocycles. The van der Waals surface area contributed by atoms with Crippen molar-refractivity contribution in [1.29, 1.82) is 0 Å². The molecule has 8 rings (SSSR count). The SMILES string of the molecule is C=C(/C=C\C=C/C)c1ccc2c(c1)c1cc(-c3nc(-c4ccccc4)c4ccccc4n3)cc3c4ccccc4n2c31. The maximum atomic E-state index is 5.20. The number of rotatable bonds is 5. The second kappa shape index (κ2) is 9.53. The molecule has 8 aromatic rings. The monoisotopic (exact) mass is 537 g/mol. The van der Waals surface area contributed by atoms with Crippen molar-refractivity contribution in [1.82, 2.24) is 14.4 Å². The predicted molar refractivity (Wildman–Crippen MR) is 178 cm³/mol. The van der Waals surface area contributed by atoms with Crippen LogP contribution < -0.4 is 0 Å². The van der Waals surface area contributed by atoms with Crippen LogP contribution in [0.2, 0.25) is 0 Å². The topological polar surface area (TPSA) is 30.2 Å². The number of para-hydroxylation sites is 2. The van der Waals surface area contributed by atoms with Crippen LogP contribution in [-0.4, -0.2) is 14.4 Å². The molecule has 0 radical (unpaired) electrons. The van der Waals surface area contributed by atoms with E-state index in [0.717, 1.165) is 44.7 Å². The standard InChI is InChI=1S/C39H27N3/c1-3-4-6-13-25(2)27-20-21-36-31(22-27)33-24-28(23-32-29-16-10-12-19-35(29)42(36)38(32)33)39-40-34-18-11-9-17-30(34)37(41-39)26-14-7-5-8-15-26/h3-24H,2H2,1H3/b4-3-,13-6-. The summed E-state index contributed by atoms with van der Waals surface area (Å²) >= 11 is 0. The normalized spacial score (nSPS) is 12.3. The third-order valence-corrected chi connectivity index (χ3v) is 8.18. The van der Waals surface area contributed by atoms with E-state index in [1.807, 2.05) is 37.3 Å². The molecular weight excluding hydrogens is 510 g/mol. The summed E-state index contributed by atoms with van der Waals surface area (Å²) in [4.78, 5) is 10.3. The van der Waals surface area contributed by atoms with E-state index >= 15 is 0 Å². The molecule has 198 valence electrons. The van der Waals surface area contributed by atoms with Gasteiger partial charge in [-0.1, -0.05) is 104 Å². The predicted octanol–water partition coefficient (Wildman–Crippen LogP) is 10.3. The summed E-state index contributed by atoms with van der Waals surface area (Å²) in [5.41, 5.74) is 9.68.